The van der Waals surface area contributed by atoms with Crippen molar-refractivity contribution in [2.24, 2.45) is 17.8 Å². The van der Waals surface area contributed by atoms with Crippen molar-refractivity contribution in [1.82, 2.24) is 0 Å². The smallest absolute Gasteiger partial charge is 0.166 e. The predicted octanol–water partition coefficient (Wildman–Crippen LogP) is 1.79. The third-order valence-electron chi connectivity index (χ3n) is 7.48. The van der Waals surface area contributed by atoms with Crippen LogP contribution in [0, 0.1) is 17.8 Å². The number of ketones is 1. The molecule has 5 aliphatic rings. The molecule has 0 amide bonds. The topological polar surface area (TPSA) is 49.5 Å². The molecule has 0 spiro atoms. The molecule has 132 valence electrons. The fraction of sp³-hybridized carbons (Fsp3) is 0.619. The minimum atomic E-state index is -0.949. The lowest BCUT2D eigenvalue weighted by Crippen LogP contribution is -2.72. The third-order valence-corrected chi connectivity index (χ3v) is 7.48. The van der Waals surface area contributed by atoms with Gasteiger partial charge in [-0.25, -0.2) is 4.58 Å². The van der Waals surface area contributed by atoms with E-state index in [1.54, 1.807) is 0 Å². The Bertz CT molecular complexity index is 746. The number of carbonyl (C=O) groups is 1. The van der Waals surface area contributed by atoms with Gasteiger partial charge in [-0.2, -0.15) is 0 Å². The zero-order chi connectivity index (χ0) is 17.2. The van der Waals surface area contributed by atoms with E-state index in [0.29, 0.717) is 5.92 Å². The first-order valence-electron chi connectivity index (χ1n) is 9.56. The summed E-state index contributed by atoms with van der Waals surface area (Å²) in [7, 11) is 0. The first-order valence-corrected chi connectivity index (χ1v) is 9.56. The highest BCUT2D eigenvalue weighted by atomic mass is 16.5. The van der Waals surface area contributed by atoms with Crippen molar-refractivity contribution in [3.63, 3.8) is 0 Å². The lowest BCUT2D eigenvalue weighted by Gasteiger charge is -2.63. The van der Waals surface area contributed by atoms with Crippen LogP contribution in [0.3, 0.4) is 0 Å². The van der Waals surface area contributed by atoms with Crippen LogP contribution in [0.2, 0.25) is 0 Å². The van der Waals surface area contributed by atoms with E-state index in [0.717, 1.165) is 45.6 Å². The number of nitrogens with zero attached hydrogens (tertiary/aromatic N) is 1. The average molecular weight is 340 g/mol. The molecule has 1 heterocycles. The number of hydrogen-bond acceptors (Lipinski definition) is 3. The van der Waals surface area contributed by atoms with E-state index in [2.05, 4.69) is 28.8 Å². The molecule has 1 aliphatic heterocycles. The van der Waals surface area contributed by atoms with Gasteiger partial charge < -0.3 is 9.84 Å². The number of morpholine rings is 1. The molecule has 0 radical (unpaired) electrons. The quantitative estimate of drug-likeness (QED) is 0.793. The zero-order valence-corrected chi connectivity index (χ0v) is 14.8. The lowest BCUT2D eigenvalue weighted by atomic mass is 9.41. The van der Waals surface area contributed by atoms with Gasteiger partial charge >= 0.3 is 0 Å². The largest absolute Gasteiger partial charge is 0.388 e. The van der Waals surface area contributed by atoms with Crippen LogP contribution in [-0.2, 0) is 14.9 Å². The van der Waals surface area contributed by atoms with E-state index in [-0.39, 0.29) is 23.0 Å². The number of carbonyl (C=O) groups excluding carboxylic acids is 1. The predicted molar refractivity (Wildman–Crippen MR) is 93.9 cm³/mol. The van der Waals surface area contributed by atoms with Crippen molar-refractivity contribution in [2.75, 3.05) is 26.3 Å². The minimum absolute atomic E-state index is 0.0176. The number of ether oxygens (including phenoxy) is 1. The summed E-state index contributed by atoms with van der Waals surface area (Å²) in [4.78, 5) is 13.2. The Balaban J connectivity index is 1.65. The Morgan fingerprint density at radius 3 is 2.60 bits per heavy atom. The fourth-order valence-electron chi connectivity index (χ4n) is 6.28. The van der Waals surface area contributed by atoms with Gasteiger partial charge in [-0.15, -0.1) is 0 Å². The second kappa shape index (κ2) is 5.24. The van der Waals surface area contributed by atoms with E-state index < -0.39 is 5.60 Å². The summed E-state index contributed by atoms with van der Waals surface area (Å²) in [5, 5.41) is 11.5. The first kappa shape index (κ1) is 15.7. The van der Waals surface area contributed by atoms with Crippen molar-refractivity contribution < 1.29 is 19.2 Å². The SMILES string of the molecule is CC1(O)[C@@H]2C[C@@H]3C[C@@]1(c1ccccc1)C[C@H](C2=O)C3=[N+]1CCOCC1. The Morgan fingerprint density at radius 2 is 1.88 bits per heavy atom. The monoisotopic (exact) mass is 340 g/mol. The van der Waals surface area contributed by atoms with Crippen LogP contribution >= 0.6 is 0 Å². The molecule has 5 atom stereocenters. The van der Waals surface area contributed by atoms with Crippen LogP contribution in [0.4, 0.5) is 0 Å². The van der Waals surface area contributed by atoms with Crippen LogP contribution in [-0.4, -0.2) is 53.1 Å². The molecular formula is C21H26NO3+. The Morgan fingerprint density at radius 1 is 1.16 bits per heavy atom. The van der Waals surface area contributed by atoms with Gasteiger partial charge in [0.25, 0.3) is 0 Å². The molecule has 25 heavy (non-hydrogen) atoms. The van der Waals surface area contributed by atoms with E-state index in [1.807, 2.05) is 13.0 Å². The molecule has 1 unspecified atom stereocenters. The zero-order valence-electron chi connectivity index (χ0n) is 14.8. The normalized spacial score (nSPS) is 43.0. The summed E-state index contributed by atoms with van der Waals surface area (Å²) in [6.07, 6.45) is 2.52. The van der Waals surface area contributed by atoms with Gasteiger partial charge in [0.05, 0.1) is 11.5 Å². The highest BCUT2D eigenvalue weighted by Crippen LogP contribution is 2.62. The maximum Gasteiger partial charge on any atom is 0.166 e. The summed E-state index contributed by atoms with van der Waals surface area (Å²) in [5.41, 5.74) is 1.31. The van der Waals surface area contributed by atoms with Crippen molar-refractivity contribution in [1.29, 1.82) is 0 Å². The van der Waals surface area contributed by atoms with E-state index in [4.69, 9.17) is 4.74 Å². The lowest BCUT2D eigenvalue weighted by molar-refractivity contribution is -0.554. The van der Waals surface area contributed by atoms with Crippen LogP contribution in [0.15, 0.2) is 30.3 Å². The van der Waals surface area contributed by atoms with Gasteiger partial charge in [0.2, 0.25) is 0 Å². The summed E-state index contributed by atoms with van der Waals surface area (Å²) >= 11 is 0. The van der Waals surface area contributed by atoms with Gasteiger partial charge in [0, 0.05) is 17.3 Å². The van der Waals surface area contributed by atoms with Crippen LogP contribution in [0.5, 0.6) is 0 Å². The number of rotatable bonds is 1. The molecular weight excluding hydrogens is 314 g/mol. The number of benzene rings is 1. The summed E-state index contributed by atoms with van der Waals surface area (Å²) < 4.78 is 7.93. The molecule has 4 heteroatoms. The molecule has 6 rings (SSSR count). The summed E-state index contributed by atoms with van der Waals surface area (Å²) in [6, 6.07) is 10.4. The average Bonchev–Trinajstić information content (AvgIpc) is 2.64. The molecule has 4 bridgehead atoms. The first-order chi connectivity index (χ1) is 12.0. The summed E-state index contributed by atoms with van der Waals surface area (Å²) in [5.74, 6) is 0.444. The molecule has 1 N–H and O–H groups in total. The van der Waals surface area contributed by atoms with Crippen molar-refractivity contribution >= 4 is 11.5 Å². The van der Waals surface area contributed by atoms with E-state index in [9.17, 15) is 9.90 Å². The van der Waals surface area contributed by atoms with Gasteiger partial charge in [-0.1, -0.05) is 30.3 Å². The molecule has 5 fully saturated rings. The molecule has 4 aliphatic carbocycles. The molecule has 4 saturated carbocycles. The molecule has 0 aromatic heterocycles. The molecule has 1 aromatic rings. The van der Waals surface area contributed by atoms with Gasteiger partial charge in [0.1, 0.15) is 13.2 Å². The second-order valence-corrected chi connectivity index (χ2v) is 8.47. The molecule has 4 nitrogen and oxygen atoms in total. The third kappa shape index (κ3) is 1.95. The Kier molecular flexibility index (Phi) is 3.29. The standard InChI is InChI=1S/C21H26NO3/c1-20(24)17-11-14-12-21(20,15-5-3-2-4-6-15)13-16(19(17)23)18(14)22-7-9-25-10-8-22/h2-6,14,16-17,24H,7-13H2,1H3/q+1/t14-,16+,17-,20?,21+/m1/s1. The van der Waals surface area contributed by atoms with Gasteiger partial charge in [-0.05, 0) is 31.7 Å². The van der Waals surface area contributed by atoms with Crippen LogP contribution in [0.1, 0.15) is 31.7 Å². The highest BCUT2D eigenvalue weighted by Gasteiger charge is 2.70. The number of aliphatic hydroxyl groups is 1. The van der Waals surface area contributed by atoms with Crippen molar-refractivity contribution in [2.45, 2.75) is 37.2 Å². The van der Waals surface area contributed by atoms with Gasteiger partial charge in [0.15, 0.2) is 24.6 Å². The highest BCUT2D eigenvalue weighted by molar-refractivity contribution is 6.09. The van der Waals surface area contributed by atoms with Crippen molar-refractivity contribution in [3.05, 3.63) is 35.9 Å². The van der Waals surface area contributed by atoms with E-state index in [1.165, 1.54) is 11.3 Å². The Labute approximate surface area is 148 Å². The second-order valence-electron chi connectivity index (χ2n) is 8.47. The maximum absolute atomic E-state index is 13.2. The molecule has 1 saturated heterocycles. The number of hydrogen-bond donors (Lipinski definition) is 1. The van der Waals surface area contributed by atoms with Crippen molar-refractivity contribution in [3.8, 4) is 0 Å². The molecule has 1 aromatic carbocycles. The van der Waals surface area contributed by atoms with Crippen LogP contribution in [0.25, 0.3) is 0 Å². The van der Waals surface area contributed by atoms with Gasteiger partial charge in [-0.3, -0.25) is 4.79 Å². The number of Topliss-reactive ketones (excluding diaryl/α,β-unsaturated/α-hetero) is 1. The maximum atomic E-state index is 13.2. The minimum Gasteiger partial charge on any atom is -0.388 e. The fourth-order valence-corrected chi connectivity index (χ4v) is 6.28. The van der Waals surface area contributed by atoms with E-state index >= 15 is 0 Å². The summed E-state index contributed by atoms with van der Waals surface area (Å²) in [6.45, 7) is 5.21. The Hall–Kier alpha value is -1.52. The van der Waals surface area contributed by atoms with Crippen LogP contribution < -0.4 is 0 Å².